The first kappa shape index (κ1) is 40.4. The van der Waals surface area contributed by atoms with E-state index in [2.05, 4.69) is 51.7 Å². The summed E-state index contributed by atoms with van der Waals surface area (Å²) < 4.78 is 6.46. The topological polar surface area (TPSA) is 150 Å². The van der Waals surface area contributed by atoms with Gasteiger partial charge in [-0.05, 0) is 113 Å². The standard InChI is InChI=1S/C42H49ClN8O5S/c1-25-22-48(23-26(2)49(25)24-38(53)46-30-7-5-6-29(18-30)45-35-13-15-37(52)47-39(35)54)16-17-56-36-14-12-32(19-33(36)27-8-9-27)51-41(57)50(40(55)42(51,3)4)31-11-10-28(21-44)34(43)20-31/h5-7,10-12,14,18-20,25-27,35,41,45,57H,8-9,13,15-17,22-24H2,1-4H3,(H,46,53)(H,47,52,54)/t25-,26+,35?,41?. The summed E-state index contributed by atoms with van der Waals surface area (Å²) in [5.41, 5.74) is 2.77. The molecule has 3 saturated heterocycles. The highest BCUT2D eigenvalue weighted by molar-refractivity contribution is 7.81. The van der Waals surface area contributed by atoms with Crippen molar-refractivity contribution in [2.75, 3.05) is 53.2 Å². The largest absolute Gasteiger partial charge is 0.492 e. The molecule has 4 fully saturated rings. The molecule has 4 atom stereocenters. The number of thiol groups is 1. The molecule has 1 saturated carbocycles. The predicted octanol–water partition coefficient (Wildman–Crippen LogP) is 5.56. The Labute approximate surface area is 344 Å². The zero-order chi connectivity index (χ0) is 40.6. The molecule has 57 heavy (non-hydrogen) atoms. The maximum Gasteiger partial charge on any atom is 0.254 e. The summed E-state index contributed by atoms with van der Waals surface area (Å²) in [5.74, 6) is 0.404. The molecule has 3 heterocycles. The zero-order valence-corrected chi connectivity index (χ0v) is 34.3. The number of benzene rings is 3. The SMILES string of the molecule is C[C@@H]1CN(CCOc2ccc(N3C(S)N(c4ccc(C#N)c(Cl)c4)C(=O)C3(C)C)cc2C2CC2)C[C@H](C)N1CC(=O)Nc1cccc(NC2CCC(=O)NC2=O)c1. The lowest BCUT2D eigenvalue weighted by atomic mass is 10.0. The third kappa shape index (κ3) is 8.72. The van der Waals surface area contributed by atoms with Crippen LogP contribution in [0, 0.1) is 11.3 Å². The van der Waals surface area contributed by atoms with Crippen molar-refractivity contribution in [3.05, 3.63) is 76.8 Å². The molecule has 0 bridgehead atoms. The number of piperazine rings is 1. The van der Waals surface area contributed by atoms with E-state index in [1.54, 1.807) is 29.2 Å². The van der Waals surface area contributed by atoms with E-state index < -0.39 is 17.1 Å². The van der Waals surface area contributed by atoms with Crippen molar-refractivity contribution in [2.24, 2.45) is 0 Å². The number of carbonyl (C=O) groups excluding carboxylic acids is 4. The first-order chi connectivity index (χ1) is 27.2. The van der Waals surface area contributed by atoms with Gasteiger partial charge in [-0.2, -0.15) is 5.26 Å². The highest BCUT2D eigenvalue weighted by Crippen LogP contribution is 2.48. The minimum Gasteiger partial charge on any atom is -0.492 e. The van der Waals surface area contributed by atoms with Crippen molar-refractivity contribution in [1.82, 2.24) is 15.1 Å². The highest BCUT2D eigenvalue weighted by atomic mass is 35.5. The lowest BCUT2D eigenvalue weighted by Gasteiger charge is -2.44. The lowest BCUT2D eigenvalue weighted by Crippen LogP contribution is -2.58. The summed E-state index contributed by atoms with van der Waals surface area (Å²) in [6, 6.07) is 20.2. The van der Waals surface area contributed by atoms with Crippen LogP contribution in [-0.2, 0) is 19.2 Å². The summed E-state index contributed by atoms with van der Waals surface area (Å²) in [5, 5.41) is 18.1. The van der Waals surface area contributed by atoms with Crippen LogP contribution in [0.5, 0.6) is 5.75 Å². The third-order valence-corrected chi connectivity index (χ3v) is 12.1. The van der Waals surface area contributed by atoms with Gasteiger partial charge in [-0.1, -0.05) is 17.7 Å². The molecule has 300 valence electrons. The highest BCUT2D eigenvalue weighted by Gasteiger charge is 2.51. The molecule has 0 spiro atoms. The number of nitriles is 1. The molecular weight excluding hydrogens is 764 g/mol. The van der Waals surface area contributed by atoms with E-state index in [-0.39, 0.29) is 53.7 Å². The van der Waals surface area contributed by atoms with Crippen molar-refractivity contribution in [3.63, 3.8) is 0 Å². The number of hydrogen-bond donors (Lipinski definition) is 4. The van der Waals surface area contributed by atoms with Crippen LogP contribution in [0.4, 0.5) is 22.7 Å². The van der Waals surface area contributed by atoms with Crippen molar-refractivity contribution in [3.8, 4) is 11.8 Å². The van der Waals surface area contributed by atoms with Gasteiger partial charge in [0.05, 0.1) is 17.1 Å². The second-order valence-corrected chi connectivity index (χ2v) is 16.8. The fraction of sp³-hybridized carbons (Fsp3) is 0.452. The maximum atomic E-state index is 13.8. The van der Waals surface area contributed by atoms with Gasteiger partial charge in [0.25, 0.3) is 5.91 Å². The summed E-state index contributed by atoms with van der Waals surface area (Å²) in [7, 11) is 0. The minimum absolute atomic E-state index is 0.114. The lowest BCUT2D eigenvalue weighted by molar-refractivity contribution is -0.133. The Kier molecular flexibility index (Phi) is 11.7. The van der Waals surface area contributed by atoms with Crippen molar-refractivity contribution < 1.29 is 23.9 Å². The number of piperidine rings is 1. The summed E-state index contributed by atoms with van der Waals surface area (Å²) in [6.07, 6.45) is 2.86. The molecule has 2 unspecified atom stereocenters. The van der Waals surface area contributed by atoms with E-state index in [0.29, 0.717) is 41.6 Å². The van der Waals surface area contributed by atoms with E-state index in [9.17, 15) is 24.4 Å². The van der Waals surface area contributed by atoms with Crippen LogP contribution >= 0.6 is 24.2 Å². The number of amides is 4. The van der Waals surface area contributed by atoms with Gasteiger partial charge in [-0.25, -0.2) is 0 Å². The Bertz CT molecular complexity index is 2090. The summed E-state index contributed by atoms with van der Waals surface area (Å²) in [4.78, 5) is 58.9. The molecule has 13 nitrogen and oxygen atoms in total. The second kappa shape index (κ2) is 16.6. The Morgan fingerprint density at radius 2 is 1.72 bits per heavy atom. The van der Waals surface area contributed by atoms with Gasteiger partial charge in [0, 0.05) is 60.9 Å². The van der Waals surface area contributed by atoms with Gasteiger partial charge in [0.15, 0.2) is 5.50 Å². The number of ether oxygens (including phenoxy) is 1. The number of anilines is 4. The van der Waals surface area contributed by atoms with E-state index in [4.69, 9.17) is 29.0 Å². The molecule has 3 aromatic carbocycles. The van der Waals surface area contributed by atoms with Gasteiger partial charge in [-0.15, -0.1) is 12.6 Å². The first-order valence-corrected chi connectivity index (χ1v) is 20.4. The fourth-order valence-electron chi connectivity index (χ4n) is 8.22. The average Bonchev–Trinajstić information content (AvgIpc) is 3.98. The van der Waals surface area contributed by atoms with Crippen LogP contribution in [0.2, 0.25) is 5.02 Å². The van der Waals surface area contributed by atoms with Crippen LogP contribution in [0.1, 0.15) is 70.4 Å². The Hall–Kier alpha value is -4.81. The monoisotopic (exact) mass is 812 g/mol. The van der Waals surface area contributed by atoms with Crippen molar-refractivity contribution >= 4 is 70.6 Å². The second-order valence-electron chi connectivity index (χ2n) is 16.0. The Balaban J connectivity index is 0.929. The Morgan fingerprint density at radius 3 is 2.40 bits per heavy atom. The van der Waals surface area contributed by atoms with E-state index in [1.165, 1.54) is 0 Å². The van der Waals surface area contributed by atoms with Gasteiger partial charge < -0.3 is 20.3 Å². The van der Waals surface area contributed by atoms with Gasteiger partial charge in [0.2, 0.25) is 17.7 Å². The number of nitrogens with zero attached hydrogens (tertiary/aromatic N) is 5. The Morgan fingerprint density at radius 1 is 1.00 bits per heavy atom. The van der Waals surface area contributed by atoms with Crippen molar-refractivity contribution in [1.29, 1.82) is 5.26 Å². The smallest absolute Gasteiger partial charge is 0.254 e. The van der Waals surface area contributed by atoms with Crippen LogP contribution in [0.3, 0.4) is 0 Å². The average molecular weight is 813 g/mol. The quantitative estimate of drug-likeness (QED) is 0.135. The fourth-order valence-corrected chi connectivity index (χ4v) is 9.10. The van der Waals surface area contributed by atoms with E-state index in [1.807, 2.05) is 49.1 Å². The number of hydrogen-bond acceptors (Lipinski definition) is 11. The number of halogens is 1. The number of rotatable bonds is 12. The van der Waals surface area contributed by atoms with E-state index in [0.717, 1.165) is 49.5 Å². The van der Waals surface area contributed by atoms with Gasteiger partial charge >= 0.3 is 0 Å². The molecule has 3 N–H and O–H groups in total. The molecule has 0 aromatic heterocycles. The maximum absolute atomic E-state index is 13.8. The first-order valence-electron chi connectivity index (χ1n) is 19.5. The minimum atomic E-state index is -0.895. The molecule has 0 radical (unpaired) electrons. The van der Waals surface area contributed by atoms with Gasteiger partial charge in [0.1, 0.15) is 30.0 Å². The molecule has 7 rings (SSSR count). The van der Waals surface area contributed by atoms with Crippen LogP contribution in [0.15, 0.2) is 60.7 Å². The third-order valence-electron chi connectivity index (χ3n) is 11.3. The normalized spacial score (nSPS) is 23.9. The van der Waals surface area contributed by atoms with Crippen LogP contribution in [-0.4, -0.2) is 95.4 Å². The number of imide groups is 1. The molecule has 3 aliphatic heterocycles. The molecule has 15 heteroatoms. The zero-order valence-electron chi connectivity index (χ0n) is 32.6. The predicted molar refractivity (Wildman–Crippen MR) is 224 cm³/mol. The molecular formula is C42H49ClN8O5S. The van der Waals surface area contributed by atoms with Crippen molar-refractivity contribution in [2.45, 2.75) is 88.5 Å². The molecule has 3 aromatic rings. The van der Waals surface area contributed by atoms with E-state index >= 15 is 0 Å². The summed E-state index contributed by atoms with van der Waals surface area (Å²) >= 11 is 11.3. The molecule has 1 aliphatic carbocycles. The number of carbonyl (C=O) groups is 4. The number of nitrogens with one attached hydrogen (secondary N) is 3. The van der Waals surface area contributed by atoms with Gasteiger partial charge in [-0.3, -0.25) is 39.2 Å². The van der Waals surface area contributed by atoms with Crippen LogP contribution < -0.4 is 30.5 Å². The molecule has 4 aliphatic rings. The molecule has 4 amide bonds. The summed E-state index contributed by atoms with van der Waals surface area (Å²) in [6.45, 7) is 11.2. The van der Waals surface area contributed by atoms with Crippen LogP contribution in [0.25, 0.3) is 0 Å².